The van der Waals surface area contributed by atoms with Crippen molar-refractivity contribution in [3.63, 3.8) is 0 Å². The first-order chi connectivity index (χ1) is 21.4. The second kappa shape index (κ2) is 13.3. The van der Waals surface area contributed by atoms with Crippen LogP contribution in [-0.4, -0.2) is 50.3 Å². The maximum atomic E-state index is 13.5. The van der Waals surface area contributed by atoms with Crippen molar-refractivity contribution in [2.24, 2.45) is 0 Å². The van der Waals surface area contributed by atoms with Crippen LogP contribution in [0.25, 0.3) is 23.1 Å². The van der Waals surface area contributed by atoms with Crippen molar-refractivity contribution in [1.29, 1.82) is 0 Å². The van der Waals surface area contributed by atoms with E-state index in [0.717, 1.165) is 46.4 Å². The number of carbonyl (C=O) groups is 1. The van der Waals surface area contributed by atoms with E-state index in [4.69, 9.17) is 11.6 Å². The predicted molar refractivity (Wildman–Crippen MR) is 169 cm³/mol. The van der Waals surface area contributed by atoms with Crippen molar-refractivity contribution >= 4 is 46.1 Å². The normalized spacial score (nSPS) is 15.8. The third-order valence-electron chi connectivity index (χ3n) is 7.35. The smallest absolute Gasteiger partial charge is 0.187 e. The largest absolute Gasteiger partial charge is 0.384 e. The van der Waals surface area contributed by atoms with E-state index >= 15 is 0 Å². The van der Waals surface area contributed by atoms with Crippen LogP contribution in [0.5, 0.6) is 0 Å². The first-order valence-electron chi connectivity index (χ1n) is 14.3. The molecule has 222 valence electrons. The van der Waals surface area contributed by atoms with Crippen LogP contribution in [0.1, 0.15) is 23.2 Å². The highest BCUT2D eigenvalue weighted by molar-refractivity contribution is 6.31. The molecule has 5 aromatic rings. The van der Waals surface area contributed by atoms with E-state index in [1.807, 2.05) is 35.1 Å². The lowest BCUT2D eigenvalue weighted by Gasteiger charge is -2.29. The van der Waals surface area contributed by atoms with Crippen molar-refractivity contribution in [2.75, 3.05) is 25.0 Å². The molecule has 1 fully saturated rings. The molecule has 3 aromatic carbocycles. The van der Waals surface area contributed by atoms with Crippen molar-refractivity contribution in [3.8, 4) is 0 Å². The third kappa shape index (κ3) is 7.24. The van der Waals surface area contributed by atoms with Gasteiger partial charge in [0.05, 0.1) is 11.2 Å². The number of Topliss-reactive ketones (excluding diaryl/α,β-unsaturated/α-hetero) is 1. The number of aromatic nitrogens is 4. The molecule has 1 N–H and O–H groups in total. The van der Waals surface area contributed by atoms with Crippen LogP contribution in [-0.2, 0) is 17.9 Å². The van der Waals surface area contributed by atoms with E-state index in [9.17, 15) is 13.6 Å². The number of fused-ring (bicyclic) bond motifs is 1. The number of piperidine rings is 1. The summed E-state index contributed by atoms with van der Waals surface area (Å²) >= 11 is 6.10. The molecule has 0 spiro atoms. The molecule has 7 nitrogen and oxygen atoms in total. The van der Waals surface area contributed by atoms with Crippen molar-refractivity contribution in [1.82, 2.24) is 24.9 Å². The molecule has 0 aliphatic carbocycles. The van der Waals surface area contributed by atoms with Gasteiger partial charge in [0.1, 0.15) is 11.6 Å². The molecule has 0 atom stereocenters. The van der Waals surface area contributed by atoms with Gasteiger partial charge in [0.15, 0.2) is 5.78 Å². The summed E-state index contributed by atoms with van der Waals surface area (Å²) in [7, 11) is 0. The van der Waals surface area contributed by atoms with Crippen LogP contribution in [0.4, 0.5) is 14.5 Å². The van der Waals surface area contributed by atoms with Crippen molar-refractivity contribution in [3.05, 3.63) is 130 Å². The van der Waals surface area contributed by atoms with Gasteiger partial charge in [0.25, 0.3) is 0 Å². The van der Waals surface area contributed by atoms with Crippen LogP contribution < -0.4 is 5.32 Å². The van der Waals surface area contributed by atoms with E-state index < -0.39 is 0 Å². The summed E-state index contributed by atoms with van der Waals surface area (Å²) in [6.45, 7) is 2.70. The fraction of sp³-hybridized carbons (Fsp3) is 0.176. The zero-order valence-electron chi connectivity index (χ0n) is 23.8. The van der Waals surface area contributed by atoms with Gasteiger partial charge in [-0.2, -0.15) is 0 Å². The molecule has 1 aliphatic heterocycles. The molecule has 3 heterocycles. The Morgan fingerprint density at radius 3 is 2.20 bits per heavy atom. The molecule has 0 radical (unpaired) electrons. The summed E-state index contributed by atoms with van der Waals surface area (Å²) in [5.41, 5.74) is 5.27. The number of nitrogens with one attached hydrogen (secondary N) is 1. The monoisotopic (exact) mass is 610 g/mol. The quantitative estimate of drug-likeness (QED) is 0.146. The SMILES string of the molecule is O=C1C(=Cc2ccc(F)cc2)CN(Cc2cn(CCCNc3ccnc4cc(Cl)ccc34)nn2)CC1=Cc1ccc(F)cc1. The van der Waals surface area contributed by atoms with Crippen LogP contribution in [0.3, 0.4) is 0 Å². The Morgan fingerprint density at radius 1 is 0.886 bits per heavy atom. The Hall–Kier alpha value is -4.73. The molecule has 10 heteroatoms. The Balaban J connectivity index is 1.12. The van der Waals surface area contributed by atoms with Gasteiger partial charge in [-0.1, -0.05) is 41.1 Å². The fourth-order valence-electron chi connectivity index (χ4n) is 5.23. The minimum Gasteiger partial charge on any atom is -0.384 e. The van der Waals surface area contributed by atoms with Crippen LogP contribution in [0, 0.1) is 11.6 Å². The maximum absolute atomic E-state index is 13.5. The topological polar surface area (TPSA) is 75.9 Å². The number of likely N-dealkylation sites (tertiary alicyclic amines) is 1. The fourth-order valence-corrected chi connectivity index (χ4v) is 5.40. The Bertz CT molecular complexity index is 1780. The first kappa shape index (κ1) is 29.3. The average Bonchev–Trinajstić information content (AvgIpc) is 3.46. The summed E-state index contributed by atoms with van der Waals surface area (Å²) in [5, 5.41) is 13.8. The van der Waals surface area contributed by atoms with E-state index in [2.05, 4.69) is 25.5 Å². The molecule has 2 aromatic heterocycles. The predicted octanol–water partition coefficient (Wildman–Crippen LogP) is 6.81. The lowest BCUT2D eigenvalue weighted by atomic mass is 9.94. The van der Waals surface area contributed by atoms with Crippen LogP contribution in [0.15, 0.2) is 96.3 Å². The van der Waals surface area contributed by atoms with Gasteiger partial charge >= 0.3 is 0 Å². The van der Waals surface area contributed by atoms with Gasteiger partial charge in [0.2, 0.25) is 0 Å². The lowest BCUT2D eigenvalue weighted by molar-refractivity contribution is -0.113. The number of pyridine rings is 1. The van der Waals surface area contributed by atoms with Gasteiger partial charge in [-0.25, -0.2) is 8.78 Å². The molecule has 6 rings (SSSR count). The van der Waals surface area contributed by atoms with Gasteiger partial charge in [-0.15, -0.1) is 5.10 Å². The summed E-state index contributed by atoms with van der Waals surface area (Å²) in [6, 6.07) is 19.7. The second-order valence-corrected chi connectivity index (χ2v) is 11.1. The van der Waals surface area contributed by atoms with Gasteiger partial charge in [-0.3, -0.25) is 19.4 Å². The number of hydrogen-bond donors (Lipinski definition) is 1. The molecule has 0 saturated carbocycles. The zero-order chi connectivity index (χ0) is 30.5. The van der Waals surface area contributed by atoms with E-state index in [-0.39, 0.29) is 17.4 Å². The molecule has 44 heavy (non-hydrogen) atoms. The Labute approximate surface area is 258 Å². The number of hydrogen-bond acceptors (Lipinski definition) is 6. The van der Waals surface area contributed by atoms with Gasteiger partial charge < -0.3 is 5.32 Å². The number of halogens is 3. The number of anilines is 1. The van der Waals surface area contributed by atoms with Crippen LogP contribution >= 0.6 is 11.6 Å². The number of aryl methyl sites for hydroxylation is 1. The van der Waals surface area contributed by atoms with E-state index in [1.165, 1.54) is 24.3 Å². The second-order valence-electron chi connectivity index (χ2n) is 10.7. The van der Waals surface area contributed by atoms with Gasteiger partial charge in [-0.05, 0) is 78.2 Å². The molecule has 1 aliphatic rings. The van der Waals surface area contributed by atoms with Crippen LogP contribution in [0.2, 0.25) is 5.02 Å². The number of nitrogens with zero attached hydrogens (tertiary/aromatic N) is 5. The highest BCUT2D eigenvalue weighted by Crippen LogP contribution is 2.25. The minimum absolute atomic E-state index is 0.0869. The summed E-state index contributed by atoms with van der Waals surface area (Å²) in [6.07, 6.45) is 8.09. The minimum atomic E-state index is -0.337. The first-order valence-corrected chi connectivity index (χ1v) is 14.6. The van der Waals surface area contributed by atoms with E-state index in [1.54, 1.807) is 42.6 Å². The highest BCUT2D eigenvalue weighted by Gasteiger charge is 2.27. The Kier molecular flexibility index (Phi) is 8.86. The van der Waals surface area contributed by atoms with Crippen molar-refractivity contribution in [2.45, 2.75) is 19.5 Å². The average molecular weight is 611 g/mol. The third-order valence-corrected chi connectivity index (χ3v) is 7.58. The maximum Gasteiger partial charge on any atom is 0.187 e. The van der Waals surface area contributed by atoms with Gasteiger partial charge in [0, 0.05) is 72.4 Å². The lowest BCUT2D eigenvalue weighted by Crippen LogP contribution is -2.37. The molecule has 0 bridgehead atoms. The molecule has 0 amide bonds. The highest BCUT2D eigenvalue weighted by atomic mass is 35.5. The standard InChI is InChI=1S/C34H29ClF2N6O/c35-27-6-11-31-32(12-14-39-33(31)18-27)38-13-1-15-43-22-30(40-41-43)21-42-19-25(16-23-2-7-28(36)8-3-23)34(44)26(20-42)17-24-4-9-29(37)10-5-24/h2-12,14,16-18,22H,1,13,15,19-21H2,(H,38,39). The molecule has 0 unspecified atom stereocenters. The number of carbonyl (C=O) groups excluding carboxylic acids is 1. The molecular weight excluding hydrogens is 582 g/mol. The summed E-state index contributed by atoms with van der Waals surface area (Å²) in [5.74, 6) is -0.761. The van der Waals surface area contributed by atoms with Crippen molar-refractivity contribution < 1.29 is 13.6 Å². The summed E-state index contributed by atoms with van der Waals surface area (Å²) in [4.78, 5) is 19.9. The molecule has 1 saturated heterocycles. The summed E-state index contributed by atoms with van der Waals surface area (Å²) < 4.78 is 28.8. The number of benzene rings is 3. The zero-order valence-corrected chi connectivity index (χ0v) is 24.5. The number of ketones is 1. The number of rotatable bonds is 9. The molecular formula is C34H29ClF2N6O. The Morgan fingerprint density at radius 2 is 1.55 bits per heavy atom. The van der Waals surface area contributed by atoms with E-state index in [0.29, 0.717) is 42.3 Å².